The van der Waals surface area contributed by atoms with Crippen LogP contribution >= 0.6 is 0 Å². The zero-order valence-electron chi connectivity index (χ0n) is 14.9. The fraction of sp³-hybridized carbons (Fsp3) is 0.800. The second kappa shape index (κ2) is 14.4. The van der Waals surface area contributed by atoms with Crippen molar-refractivity contribution >= 4 is 0 Å². The first-order valence-electron chi connectivity index (χ1n) is 9.24. The van der Waals surface area contributed by atoms with Crippen LogP contribution in [0.1, 0.15) is 77.6 Å². The molecule has 0 aliphatic rings. The lowest BCUT2D eigenvalue weighted by atomic mass is 10.1. The summed E-state index contributed by atoms with van der Waals surface area (Å²) in [6.45, 7) is 13.4. The van der Waals surface area contributed by atoms with Crippen molar-refractivity contribution in [3.05, 3.63) is 25.3 Å². The molecule has 124 valence electrons. The van der Waals surface area contributed by atoms with Crippen LogP contribution in [0.25, 0.3) is 0 Å². The summed E-state index contributed by atoms with van der Waals surface area (Å²) >= 11 is 0. The van der Waals surface area contributed by atoms with Gasteiger partial charge in [-0.3, -0.25) is 0 Å². The first-order valence-corrected chi connectivity index (χ1v) is 9.24. The summed E-state index contributed by atoms with van der Waals surface area (Å²) in [5.74, 6) is 0. The van der Waals surface area contributed by atoms with E-state index in [-0.39, 0.29) is 0 Å². The predicted octanol–water partition coefficient (Wildman–Crippen LogP) is 6.12. The molecule has 0 saturated heterocycles. The number of nitrogens with zero attached hydrogens (tertiary/aromatic N) is 1. The molecule has 0 aromatic heterocycles. The second-order valence-corrected chi connectivity index (χ2v) is 6.82. The van der Waals surface area contributed by atoms with E-state index >= 15 is 0 Å². The quantitative estimate of drug-likeness (QED) is 0.183. The molecule has 1 heteroatoms. The summed E-state index contributed by atoms with van der Waals surface area (Å²) in [5.41, 5.74) is 0. The van der Waals surface area contributed by atoms with E-state index in [1.54, 1.807) is 0 Å². The van der Waals surface area contributed by atoms with Crippen LogP contribution in [0, 0.1) is 0 Å². The maximum atomic E-state index is 3.88. The highest BCUT2D eigenvalue weighted by atomic mass is 15.3. The van der Waals surface area contributed by atoms with Gasteiger partial charge in [-0.2, -0.15) is 0 Å². The molecule has 0 amide bonds. The summed E-state index contributed by atoms with van der Waals surface area (Å²) in [6, 6.07) is 0. The van der Waals surface area contributed by atoms with E-state index in [2.05, 4.69) is 27.1 Å². The van der Waals surface area contributed by atoms with Crippen LogP contribution < -0.4 is 0 Å². The molecular formula is C20H40N+. The lowest BCUT2D eigenvalue weighted by Gasteiger charge is -2.32. The largest absolute Gasteiger partial charge is 0.320 e. The van der Waals surface area contributed by atoms with E-state index in [4.69, 9.17) is 0 Å². The molecule has 0 atom stereocenters. The molecule has 21 heavy (non-hydrogen) atoms. The van der Waals surface area contributed by atoms with Crippen molar-refractivity contribution in [2.45, 2.75) is 77.6 Å². The van der Waals surface area contributed by atoms with Gasteiger partial charge in [-0.05, 0) is 25.0 Å². The van der Waals surface area contributed by atoms with Crippen LogP contribution in [-0.4, -0.2) is 31.2 Å². The van der Waals surface area contributed by atoms with Gasteiger partial charge >= 0.3 is 0 Å². The van der Waals surface area contributed by atoms with E-state index in [1.165, 1.54) is 77.2 Å². The normalized spacial score (nSPS) is 11.5. The molecule has 0 saturated carbocycles. The van der Waals surface area contributed by atoms with E-state index < -0.39 is 0 Å². The minimum atomic E-state index is 1.06. The molecule has 0 aromatic rings. The zero-order valence-corrected chi connectivity index (χ0v) is 14.9. The van der Waals surface area contributed by atoms with E-state index in [9.17, 15) is 0 Å². The smallest absolute Gasteiger partial charge is 0.0971 e. The lowest BCUT2D eigenvalue weighted by molar-refractivity contribution is -0.898. The molecule has 0 unspecified atom stereocenters. The first kappa shape index (κ1) is 20.4. The molecule has 0 N–H and O–H groups in total. The van der Waals surface area contributed by atoms with Crippen molar-refractivity contribution in [3.63, 3.8) is 0 Å². The number of likely N-dealkylation sites (N-methyl/N-ethyl adjacent to an activating group) is 1. The maximum absolute atomic E-state index is 3.88. The molecule has 0 heterocycles. The summed E-state index contributed by atoms with van der Waals surface area (Å²) in [4.78, 5) is 0. The average Bonchev–Trinajstić information content (AvgIpc) is 2.45. The second-order valence-electron chi connectivity index (χ2n) is 6.82. The third kappa shape index (κ3) is 12.9. The first-order chi connectivity index (χ1) is 10.2. The van der Waals surface area contributed by atoms with Crippen molar-refractivity contribution < 1.29 is 4.48 Å². The fourth-order valence-electron chi connectivity index (χ4n) is 3.04. The van der Waals surface area contributed by atoms with Crippen molar-refractivity contribution in [3.8, 4) is 0 Å². The molecule has 0 fully saturated rings. The third-order valence-electron chi connectivity index (χ3n) is 4.44. The van der Waals surface area contributed by atoms with Crippen LogP contribution in [0.5, 0.6) is 0 Å². The molecule has 0 bridgehead atoms. The highest BCUT2D eigenvalue weighted by Crippen LogP contribution is 2.13. The Kier molecular flexibility index (Phi) is 14.0. The molecule has 0 aromatic carbocycles. The van der Waals surface area contributed by atoms with Gasteiger partial charge in [0.2, 0.25) is 0 Å². The fourth-order valence-corrected chi connectivity index (χ4v) is 3.04. The number of hydrogen-bond donors (Lipinski definition) is 0. The Morgan fingerprint density at radius 2 is 1.05 bits per heavy atom. The Labute approximate surface area is 134 Å². The molecule has 0 radical (unpaired) electrons. The molecule has 0 rings (SSSR count). The van der Waals surface area contributed by atoms with Crippen LogP contribution in [0.2, 0.25) is 0 Å². The topological polar surface area (TPSA) is 0 Å². The van der Waals surface area contributed by atoms with Gasteiger partial charge < -0.3 is 4.48 Å². The molecule has 1 nitrogen and oxygen atoms in total. The summed E-state index contributed by atoms with van der Waals surface area (Å²) in [7, 11) is 2.32. The minimum absolute atomic E-state index is 1.06. The Hall–Kier alpha value is -0.560. The van der Waals surface area contributed by atoms with Crippen LogP contribution in [0.3, 0.4) is 0 Å². The Bertz CT molecular complexity index is 234. The minimum Gasteiger partial charge on any atom is -0.320 e. The summed E-state index contributed by atoms with van der Waals surface area (Å²) < 4.78 is 1.07. The zero-order chi connectivity index (χ0) is 15.8. The maximum Gasteiger partial charge on any atom is 0.0971 e. The van der Waals surface area contributed by atoms with Gasteiger partial charge in [-0.25, -0.2) is 0 Å². The molecule has 0 aliphatic carbocycles. The number of rotatable bonds is 16. The highest BCUT2D eigenvalue weighted by molar-refractivity contribution is 4.71. The predicted molar refractivity (Wildman–Crippen MR) is 97.6 cm³/mol. The molecule has 0 aliphatic heterocycles. The van der Waals surface area contributed by atoms with E-state index in [1.807, 2.05) is 12.2 Å². The van der Waals surface area contributed by atoms with Crippen LogP contribution in [0.4, 0.5) is 0 Å². The van der Waals surface area contributed by atoms with Crippen molar-refractivity contribution in [1.29, 1.82) is 0 Å². The lowest BCUT2D eigenvalue weighted by Crippen LogP contribution is -2.44. The van der Waals surface area contributed by atoms with Gasteiger partial charge in [0, 0.05) is 0 Å². The Balaban J connectivity index is 3.41. The summed E-state index contributed by atoms with van der Waals surface area (Å²) in [6.07, 6.45) is 19.7. The van der Waals surface area contributed by atoms with Crippen molar-refractivity contribution in [2.24, 2.45) is 0 Å². The number of hydrogen-bond acceptors (Lipinski definition) is 0. The van der Waals surface area contributed by atoms with Crippen molar-refractivity contribution in [1.82, 2.24) is 0 Å². The van der Waals surface area contributed by atoms with Gasteiger partial charge in [0.1, 0.15) is 0 Å². The van der Waals surface area contributed by atoms with Crippen molar-refractivity contribution in [2.75, 3.05) is 26.7 Å². The number of quaternary nitrogens is 1. The van der Waals surface area contributed by atoms with Gasteiger partial charge in [0.05, 0.1) is 26.7 Å². The molecule has 0 spiro atoms. The van der Waals surface area contributed by atoms with Crippen LogP contribution in [0.15, 0.2) is 25.3 Å². The Morgan fingerprint density at radius 1 is 0.667 bits per heavy atom. The number of unbranched alkanes of at least 4 members (excludes halogenated alkanes) is 10. The van der Waals surface area contributed by atoms with Gasteiger partial charge in [-0.15, -0.1) is 0 Å². The summed E-state index contributed by atoms with van der Waals surface area (Å²) in [5, 5.41) is 0. The third-order valence-corrected chi connectivity index (χ3v) is 4.44. The Morgan fingerprint density at radius 3 is 1.43 bits per heavy atom. The SMILES string of the molecule is C=CC[N+](C)(CC=C)CCCCCCCCCCCCC. The van der Waals surface area contributed by atoms with E-state index in [0.717, 1.165) is 17.6 Å². The van der Waals surface area contributed by atoms with E-state index in [0.29, 0.717) is 0 Å². The molecular weight excluding hydrogens is 254 g/mol. The monoisotopic (exact) mass is 294 g/mol. The van der Waals surface area contributed by atoms with Gasteiger partial charge in [-0.1, -0.05) is 77.9 Å². The standard InChI is InChI=1S/C20H40N/c1-5-8-9-10-11-12-13-14-15-16-17-20-21(4,18-6-2)19-7-3/h6-7H,2-3,5,8-20H2,1,4H3/q+1. The average molecular weight is 295 g/mol. The van der Waals surface area contributed by atoms with Gasteiger partial charge in [0.25, 0.3) is 0 Å². The highest BCUT2D eigenvalue weighted by Gasteiger charge is 2.16. The van der Waals surface area contributed by atoms with Crippen LogP contribution in [-0.2, 0) is 0 Å². The van der Waals surface area contributed by atoms with Gasteiger partial charge in [0.15, 0.2) is 0 Å².